The van der Waals surface area contributed by atoms with Gasteiger partial charge in [0, 0.05) is 17.0 Å². The maximum absolute atomic E-state index is 13.2. The van der Waals surface area contributed by atoms with E-state index in [1.807, 2.05) is 61.5 Å². The molecule has 1 saturated carbocycles. The van der Waals surface area contributed by atoms with Gasteiger partial charge >= 0.3 is 5.97 Å². The van der Waals surface area contributed by atoms with Crippen molar-refractivity contribution in [3.05, 3.63) is 70.7 Å². The van der Waals surface area contributed by atoms with E-state index in [4.69, 9.17) is 16.3 Å². The van der Waals surface area contributed by atoms with Crippen molar-refractivity contribution in [1.82, 2.24) is 5.32 Å². The number of carbonyl (C=O) groups is 1. The summed E-state index contributed by atoms with van der Waals surface area (Å²) >= 11 is 6.10. The van der Waals surface area contributed by atoms with Crippen LogP contribution < -0.4 is 5.32 Å². The van der Waals surface area contributed by atoms with E-state index >= 15 is 0 Å². The number of hydrogen-bond acceptors (Lipinski definition) is 4. The smallest absolute Gasteiger partial charge is 0.311 e. The Balaban J connectivity index is 1.94. The Bertz CT molecular complexity index is 842. The molecule has 5 heteroatoms. The summed E-state index contributed by atoms with van der Waals surface area (Å²) in [5, 5.41) is 16.1. The fraction of sp³-hybridized carbons (Fsp3) is 0.519. The number of esters is 1. The zero-order valence-corrected chi connectivity index (χ0v) is 20.0. The molecule has 4 nitrogen and oxygen atoms in total. The van der Waals surface area contributed by atoms with E-state index in [-0.39, 0.29) is 23.8 Å². The number of hydrogen-bond donors (Lipinski definition) is 2. The van der Waals surface area contributed by atoms with E-state index in [1.54, 1.807) is 0 Å². The highest BCUT2D eigenvalue weighted by Gasteiger charge is 2.49. The summed E-state index contributed by atoms with van der Waals surface area (Å²) in [6, 6.07) is 17.3. The van der Waals surface area contributed by atoms with Gasteiger partial charge in [-0.3, -0.25) is 4.79 Å². The summed E-state index contributed by atoms with van der Waals surface area (Å²) in [5.74, 6) is -0.695. The van der Waals surface area contributed by atoms with Gasteiger partial charge in [0.15, 0.2) is 0 Å². The summed E-state index contributed by atoms with van der Waals surface area (Å²) in [5.41, 5.74) is 0.827. The predicted molar refractivity (Wildman–Crippen MR) is 130 cm³/mol. The summed E-state index contributed by atoms with van der Waals surface area (Å²) in [7, 11) is 0. The lowest BCUT2D eigenvalue weighted by Gasteiger charge is -2.46. The summed E-state index contributed by atoms with van der Waals surface area (Å²) in [6.07, 6.45) is 5.50. The van der Waals surface area contributed by atoms with Crippen LogP contribution >= 0.6 is 11.6 Å². The van der Waals surface area contributed by atoms with Gasteiger partial charge in [-0.25, -0.2) is 0 Å². The first kappa shape index (κ1) is 24.8. The molecule has 2 aromatic carbocycles. The number of aliphatic hydroxyl groups is 1. The maximum Gasteiger partial charge on any atom is 0.311 e. The monoisotopic (exact) mass is 457 g/mol. The third-order valence-corrected chi connectivity index (χ3v) is 6.84. The molecule has 0 spiro atoms. The van der Waals surface area contributed by atoms with Crippen molar-refractivity contribution in [2.75, 3.05) is 13.2 Å². The van der Waals surface area contributed by atoms with E-state index < -0.39 is 5.60 Å². The quantitative estimate of drug-likeness (QED) is 0.348. The minimum Gasteiger partial charge on any atom is -0.466 e. The molecule has 1 aliphatic rings. The van der Waals surface area contributed by atoms with Gasteiger partial charge in [0.1, 0.15) is 0 Å². The zero-order chi connectivity index (χ0) is 23.0. The second-order valence-electron chi connectivity index (χ2n) is 8.86. The lowest BCUT2D eigenvalue weighted by Crippen LogP contribution is -2.53. The second-order valence-corrected chi connectivity index (χ2v) is 9.30. The zero-order valence-electron chi connectivity index (χ0n) is 19.2. The molecule has 3 rings (SSSR count). The number of carbonyl (C=O) groups excluding carboxylic acids is 1. The number of unbranched alkanes of at least 4 members (excludes halogenated alkanes) is 3. The van der Waals surface area contributed by atoms with Crippen molar-refractivity contribution in [3.63, 3.8) is 0 Å². The van der Waals surface area contributed by atoms with Crippen molar-refractivity contribution >= 4 is 17.6 Å². The van der Waals surface area contributed by atoms with Gasteiger partial charge in [-0.1, -0.05) is 80.3 Å². The first-order chi connectivity index (χ1) is 15.5. The molecule has 0 saturated heterocycles. The summed E-state index contributed by atoms with van der Waals surface area (Å²) < 4.78 is 5.52. The highest BCUT2D eigenvalue weighted by molar-refractivity contribution is 6.30. The number of rotatable bonds is 10. The van der Waals surface area contributed by atoms with Gasteiger partial charge in [0.25, 0.3) is 0 Å². The fourth-order valence-electron chi connectivity index (χ4n) is 4.97. The van der Waals surface area contributed by atoms with Crippen molar-refractivity contribution in [3.8, 4) is 0 Å². The van der Waals surface area contributed by atoms with Crippen LogP contribution in [-0.2, 0) is 15.1 Å². The van der Waals surface area contributed by atoms with Crippen LogP contribution in [-0.4, -0.2) is 30.3 Å². The highest BCUT2D eigenvalue weighted by Crippen LogP contribution is 2.48. The lowest BCUT2D eigenvalue weighted by atomic mass is 9.64. The molecule has 32 heavy (non-hydrogen) atoms. The number of halogens is 1. The van der Waals surface area contributed by atoms with E-state index in [0.29, 0.717) is 24.5 Å². The van der Waals surface area contributed by atoms with Gasteiger partial charge in [-0.15, -0.1) is 0 Å². The van der Waals surface area contributed by atoms with Gasteiger partial charge < -0.3 is 15.2 Å². The van der Waals surface area contributed by atoms with Crippen LogP contribution in [0, 0.1) is 5.92 Å². The average molecular weight is 458 g/mol. The standard InChI is InChI=1S/C27H36ClNO3/c1-3-5-6-10-17-29-24-19-27(31,21-13-15-22(28)16-14-21)18-23(20-11-8-7-9-12-20)25(24)26(30)32-4-2/h7-9,11-16,23-25,29,31H,3-6,10,17-19H2,1-2H3/t23-,24+,25-,27+/m1/s1. The van der Waals surface area contributed by atoms with Crippen molar-refractivity contribution < 1.29 is 14.6 Å². The topological polar surface area (TPSA) is 58.6 Å². The predicted octanol–water partition coefficient (Wildman–Crippen LogP) is 5.82. The molecule has 0 aromatic heterocycles. The second kappa shape index (κ2) is 11.8. The average Bonchev–Trinajstić information content (AvgIpc) is 2.79. The minimum absolute atomic E-state index is 0.155. The normalized spacial score (nSPS) is 25.4. The molecular formula is C27H36ClNO3. The third-order valence-electron chi connectivity index (χ3n) is 6.59. The molecule has 174 valence electrons. The van der Waals surface area contributed by atoms with Gasteiger partial charge in [0.2, 0.25) is 0 Å². The number of benzene rings is 2. The Morgan fingerprint density at radius 2 is 1.78 bits per heavy atom. The van der Waals surface area contributed by atoms with E-state index in [0.717, 1.165) is 30.5 Å². The van der Waals surface area contributed by atoms with Crippen LogP contribution in [0.3, 0.4) is 0 Å². The molecule has 2 aromatic rings. The Kier molecular flexibility index (Phi) is 9.15. The number of nitrogens with one attached hydrogen (secondary N) is 1. The largest absolute Gasteiger partial charge is 0.466 e. The van der Waals surface area contributed by atoms with E-state index in [9.17, 15) is 9.90 Å². The molecule has 0 unspecified atom stereocenters. The molecule has 0 amide bonds. The molecule has 4 atom stereocenters. The van der Waals surface area contributed by atoms with Crippen LogP contribution in [0.4, 0.5) is 0 Å². The molecule has 0 bridgehead atoms. The van der Waals surface area contributed by atoms with Crippen LogP contribution in [0.25, 0.3) is 0 Å². The van der Waals surface area contributed by atoms with Crippen molar-refractivity contribution in [1.29, 1.82) is 0 Å². The summed E-state index contributed by atoms with van der Waals surface area (Å²) in [4.78, 5) is 13.2. The highest BCUT2D eigenvalue weighted by atomic mass is 35.5. The fourth-order valence-corrected chi connectivity index (χ4v) is 5.10. The summed E-state index contributed by atoms with van der Waals surface area (Å²) in [6.45, 7) is 5.21. The van der Waals surface area contributed by atoms with Crippen LogP contribution in [0.5, 0.6) is 0 Å². The Hall–Kier alpha value is -1.88. The molecule has 1 fully saturated rings. The van der Waals surface area contributed by atoms with Crippen LogP contribution in [0.15, 0.2) is 54.6 Å². The molecule has 0 radical (unpaired) electrons. The first-order valence-electron chi connectivity index (χ1n) is 11.9. The first-order valence-corrected chi connectivity index (χ1v) is 12.3. The molecule has 0 aliphatic heterocycles. The van der Waals surface area contributed by atoms with E-state index in [1.165, 1.54) is 12.8 Å². The van der Waals surface area contributed by atoms with Crippen LogP contribution in [0.2, 0.25) is 5.02 Å². The van der Waals surface area contributed by atoms with Gasteiger partial charge in [0.05, 0.1) is 18.1 Å². The maximum atomic E-state index is 13.2. The lowest BCUT2D eigenvalue weighted by molar-refractivity contribution is -0.154. The van der Waals surface area contributed by atoms with Gasteiger partial charge in [-0.2, -0.15) is 0 Å². The van der Waals surface area contributed by atoms with E-state index in [2.05, 4.69) is 12.2 Å². The van der Waals surface area contributed by atoms with Crippen LogP contribution in [0.1, 0.15) is 69.4 Å². The van der Waals surface area contributed by atoms with Crippen molar-refractivity contribution in [2.45, 2.75) is 69.9 Å². The Labute approximate surface area is 197 Å². The Morgan fingerprint density at radius 1 is 1.06 bits per heavy atom. The minimum atomic E-state index is -1.06. The molecular weight excluding hydrogens is 422 g/mol. The Morgan fingerprint density at radius 3 is 2.44 bits per heavy atom. The molecule has 1 aliphatic carbocycles. The van der Waals surface area contributed by atoms with Crippen molar-refractivity contribution in [2.24, 2.45) is 5.92 Å². The molecule has 2 N–H and O–H groups in total. The SMILES string of the molecule is CCCCCCN[C@H]1C[C@](O)(c2ccc(Cl)cc2)C[C@H](c2ccccc2)[C@H]1C(=O)OCC. The third kappa shape index (κ3) is 6.12. The molecule has 0 heterocycles. The number of ether oxygens (including phenoxy) is 1. The van der Waals surface area contributed by atoms with Gasteiger partial charge in [-0.05, 0) is 56.0 Å².